The summed E-state index contributed by atoms with van der Waals surface area (Å²) < 4.78 is 5.47. The van der Waals surface area contributed by atoms with E-state index in [4.69, 9.17) is 10.5 Å². The third-order valence-corrected chi connectivity index (χ3v) is 3.11. The minimum absolute atomic E-state index is 0.329. The van der Waals surface area contributed by atoms with Gasteiger partial charge in [0.05, 0.1) is 6.61 Å². The van der Waals surface area contributed by atoms with Crippen LogP contribution in [-0.2, 0) is 11.3 Å². The molecule has 106 valence electrons. The molecule has 4 heteroatoms. The summed E-state index contributed by atoms with van der Waals surface area (Å²) in [7, 11) is 0. The Hall–Kier alpha value is -1.39. The molecule has 1 unspecified atom stereocenters. The molecule has 0 heterocycles. The van der Waals surface area contributed by atoms with Gasteiger partial charge in [-0.2, -0.15) is 0 Å². The summed E-state index contributed by atoms with van der Waals surface area (Å²) in [5, 5.41) is 3.48. The van der Waals surface area contributed by atoms with Crippen LogP contribution in [0.3, 0.4) is 0 Å². The molecule has 4 nitrogen and oxygen atoms in total. The number of primary amides is 1. The Kier molecular flexibility index (Phi) is 6.53. The van der Waals surface area contributed by atoms with Gasteiger partial charge in [-0.05, 0) is 30.5 Å². The maximum atomic E-state index is 11.0. The van der Waals surface area contributed by atoms with Gasteiger partial charge in [0.25, 0.3) is 0 Å². The number of hydrogen-bond acceptors (Lipinski definition) is 3. The molecule has 0 aliphatic rings. The molecule has 0 saturated heterocycles. The van der Waals surface area contributed by atoms with E-state index in [2.05, 4.69) is 19.2 Å². The highest BCUT2D eigenvalue weighted by molar-refractivity contribution is 5.92. The van der Waals surface area contributed by atoms with Gasteiger partial charge in [0.15, 0.2) is 0 Å². The predicted molar refractivity (Wildman–Crippen MR) is 76.9 cm³/mol. The highest BCUT2D eigenvalue weighted by Gasteiger charge is 2.12. The van der Waals surface area contributed by atoms with Crippen LogP contribution < -0.4 is 11.1 Å². The lowest BCUT2D eigenvalue weighted by molar-refractivity contribution is 0.100. The normalized spacial score (nSPS) is 12.6. The molecular weight excluding hydrogens is 240 g/mol. The van der Waals surface area contributed by atoms with Gasteiger partial charge < -0.3 is 15.8 Å². The van der Waals surface area contributed by atoms with Gasteiger partial charge in [-0.1, -0.05) is 26.0 Å². The van der Waals surface area contributed by atoms with E-state index in [1.54, 1.807) is 12.1 Å². The van der Waals surface area contributed by atoms with E-state index in [0.717, 1.165) is 18.7 Å². The Bertz CT molecular complexity index is 388. The number of carbonyl (C=O) groups excluding carboxylic acids is 1. The lowest BCUT2D eigenvalue weighted by atomic mass is 10.0. The zero-order valence-corrected chi connectivity index (χ0v) is 12.0. The zero-order valence-electron chi connectivity index (χ0n) is 12.0. The molecule has 0 aliphatic heterocycles. The molecular formula is C15H24N2O2. The summed E-state index contributed by atoms with van der Waals surface area (Å²) >= 11 is 0. The van der Waals surface area contributed by atoms with Gasteiger partial charge in [0, 0.05) is 24.8 Å². The number of ether oxygens (including phenoxy) is 1. The Morgan fingerprint density at radius 1 is 1.32 bits per heavy atom. The SMILES string of the molecule is CCOCC(NCc1ccc(C(N)=O)cc1)C(C)C. The van der Waals surface area contributed by atoms with Crippen molar-refractivity contribution >= 4 is 5.91 Å². The number of nitrogens with two attached hydrogens (primary N) is 1. The molecule has 1 aromatic carbocycles. The molecule has 0 aliphatic carbocycles. The third-order valence-electron chi connectivity index (χ3n) is 3.11. The summed E-state index contributed by atoms with van der Waals surface area (Å²) in [4.78, 5) is 11.0. The van der Waals surface area contributed by atoms with E-state index in [1.165, 1.54) is 0 Å². The van der Waals surface area contributed by atoms with E-state index in [-0.39, 0.29) is 0 Å². The van der Waals surface area contributed by atoms with Crippen LogP contribution in [0.2, 0.25) is 0 Å². The predicted octanol–water partition coefficient (Wildman–Crippen LogP) is 1.94. The molecule has 3 N–H and O–H groups in total. The monoisotopic (exact) mass is 264 g/mol. The molecule has 0 radical (unpaired) electrons. The average molecular weight is 264 g/mol. The van der Waals surface area contributed by atoms with E-state index in [9.17, 15) is 4.79 Å². The summed E-state index contributed by atoms with van der Waals surface area (Å²) in [6.07, 6.45) is 0. The number of hydrogen-bond donors (Lipinski definition) is 2. The van der Waals surface area contributed by atoms with Crippen LogP contribution >= 0.6 is 0 Å². The van der Waals surface area contributed by atoms with E-state index in [1.807, 2.05) is 19.1 Å². The molecule has 1 aromatic rings. The van der Waals surface area contributed by atoms with Gasteiger partial charge >= 0.3 is 0 Å². The largest absolute Gasteiger partial charge is 0.380 e. The number of benzene rings is 1. The van der Waals surface area contributed by atoms with Gasteiger partial charge in [0.2, 0.25) is 5.91 Å². The molecule has 0 spiro atoms. The van der Waals surface area contributed by atoms with Crippen LogP contribution in [0.25, 0.3) is 0 Å². The van der Waals surface area contributed by atoms with Crippen molar-refractivity contribution in [1.82, 2.24) is 5.32 Å². The molecule has 1 amide bonds. The van der Waals surface area contributed by atoms with Crippen LogP contribution in [0.15, 0.2) is 24.3 Å². The smallest absolute Gasteiger partial charge is 0.248 e. The molecule has 0 aromatic heterocycles. The van der Waals surface area contributed by atoms with Crippen LogP contribution in [0, 0.1) is 5.92 Å². The van der Waals surface area contributed by atoms with Crippen molar-refractivity contribution in [2.24, 2.45) is 11.7 Å². The zero-order chi connectivity index (χ0) is 14.3. The molecule has 1 rings (SSSR count). The Morgan fingerprint density at radius 3 is 2.42 bits per heavy atom. The van der Waals surface area contributed by atoms with Crippen molar-refractivity contribution in [1.29, 1.82) is 0 Å². The fraction of sp³-hybridized carbons (Fsp3) is 0.533. The van der Waals surface area contributed by atoms with Gasteiger partial charge in [-0.15, -0.1) is 0 Å². The standard InChI is InChI=1S/C15H24N2O2/c1-4-19-10-14(11(2)3)17-9-12-5-7-13(8-6-12)15(16)18/h5-8,11,14,17H,4,9-10H2,1-3H3,(H2,16,18). The van der Waals surface area contributed by atoms with Crippen LogP contribution in [-0.4, -0.2) is 25.2 Å². The van der Waals surface area contributed by atoms with Gasteiger partial charge in [-0.25, -0.2) is 0 Å². The first-order valence-electron chi connectivity index (χ1n) is 6.74. The van der Waals surface area contributed by atoms with Gasteiger partial charge in [-0.3, -0.25) is 4.79 Å². The second-order valence-electron chi connectivity index (χ2n) is 4.95. The first-order valence-corrected chi connectivity index (χ1v) is 6.74. The second-order valence-corrected chi connectivity index (χ2v) is 4.95. The lowest BCUT2D eigenvalue weighted by Crippen LogP contribution is -2.37. The minimum atomic E-state index is -0.393. The molecule has 19 heavy (non-hydrogen) atoms. The van der Waals surface area contributed by atoms with Crippen molar-refractivity contribution in [3.63, 3.8) is 0 Å². The van der Waals surface area contributed by atoms with Crippen LogP contribution in [0.5, 0.6) is 0 Å². The topological polar surface area (TPSA) is 64.3 Å². The van der Waals surface area contributed by atoms with E-state index < -0.39 is 5.91 Å². The highest BCUT2D eigenvalue weighted by Crippen LogP contribution is 2.07. The second kappa shape index (κ2) is 7.92. The molecule has 1 atom stereocenters. The third kappa shape index (κ3) is 5.41. The number of carbonyl (C=O) groups is 1. The Balaban J connectivity index is 2.51. The van der Waals surface area contributed by atoms with Crippen LogP contribution in [0.1, 0.15) is 36.7 Å². The fourth-order valence-corrected chi connectivity index (χ4v) is 1.77. The van der Waals surface area contributed by atoms with Crippen molar-refractivity contribution in [2.75, 3.05) is 13.2 Å². The maximum Gasteiger partial charge on any atom is 0.248 e. The summed E-state index contributed by atoms with van der Waals surface area (Å²) in [5.74, 6) is 0.118. The molecule has 0 fully saturated rings. The van der Waals surface area contributed by atoms with Crippen molar-refractivity contribution < 1.29 is 9.53 Å². The van der Waals surface area contributed by atoms with E-state index >= 15 is 0 Å². The van der Waals surface area contributed by atoms with Crippen molar-refractivity contribution in [2.45, 2.75) is 33.4 Å². The van der Waals surface area contributed by atoms with Gasteiger partial charge in [0.1, 0.15) is 0 Å². The summed E-state index contributed by atoms with van der Waals surface area (Å²) in [6.45, 7) is 8.56. The van der Waals surface area contributed by atoms with E-state index in [0.29, 0.717) is 24.1 Å². The number of amides is 1. The minimum Gasteiger partial charge on any atom is -0.380 e. The Morgan fingerprint density at radius 2 is 1.95 bits per heavy atom. The first kappa shape index (κ1) is 15.7. The van der Waals surface area contributed by atoms with Crippen molar-refractivity contribution in [3.8, 4) is 0 Å². The summed E-state index contributed by atoms with van der Waals surface area (Å²) in [5.41, 5.74) is 6.88. The summed E-state index contributed by atoms with van der Waals surface area (Å²) in [6, 6.07) is 7.69. The van der Waals surface area contributed by atoms with Crippen LogP contribution in [0.4, 0.5) is 0 Å². The quantitative estimate of drug-likeness (QED) is 0.754. The average Bonchev–Trinajstić information content (AvgIpc) is 2.39. The number of rotatable bonds is 8. The highest BCUT2D eigenvalue weighted by atomic mass is 16.5. The fourth-order valence-electron chi connectivity index (χ4n) is 1.77. The molecule has 0 saturated carbocycles. The Labute approximate surface area is 115 Å². The molecule has 0 bridgehead atoms. The number of nitrogens with one attached hydrogen (secondary N) is 1. The lowest BCUT2D eigenvalue weighted by Gasteiger charge is -2.22. The maximum absolute atomic E-state index is 11.0. The van der Waals surface area contributed by atoms with Crippen molar-refractivity contribution in [3.05, 3.63) is 35.4 Å². The first-order chi connectivity index (χ1) is 9.04.